The van der Waals surface area contributed by atoms with Crippen LogP contribution in [-0.2, 0) is 10.2 Å². The maximum atomic E-state index is 11.6. The predicted molar refractivity (Wildman–Crippen MR) is 65.2 cm³/mol. The van der Waals surface area contributed by atoms with E-state index in [1.165, 1.54) is 5.69 Å². The summed E-state index contributed by atoms with van der Waals surface area (Å²) < 4.78 is 1.92. The van der Waals surface area contributed by atoms with Gasteiger partial charge in [0.15, 0.2) is 5.65 Å². The lowest BCUT2D eigenvalue weighted by Crippen LogP contribution is -2.20. The first kappa shape index (κ1) is 10.1. The number of amides is 1. The molecule has 2 heterocycles. The van der Waals surface area contributed by atoms with Crippen molar-refractivity contribution < 1.29 is 4.79 Å². The topological polar surface area (TPSA) is 73.3 Å². The number of fused-ring (bicyclic) bond motifs is 4. The van der Waals surface area contributed by atoms with Gasteiger partial charge in [-0.3, -0.25) is 4.79 Å². The SMILES string of the molecule is Cc1cc2ncc3c(n2n1)C1(CC1)CC3C(N)=O. The Morgan fingerprint density at radius 1 is 1.56 bits per heavy atom. The molecule has 5 heteroatoms. The normalized spacial score (nSPS) is 23.5. The smallest absolute Gasteiger partial charge is 0.225 e. The molecule has 0 aromatic carbocycles. The van der Waals surface area contributed by atoms with Gasteiger partial charge in [0.05, 0.1) is 17.3 Å². The van der Waals surface area contributed by atoms with Crippen LogP contribution < -0.4 is 5.73 Å². The maximum absolute atomic E-state index is 11.6. The van der Waals surface area contributed by atoms with Crippen LogP contribution in [0, 0.1) is 6.92 Å². The fourth-order valence-electron chi connectivity index (χ4n) is 3.29. The molecular weight excluding hydrogens is 228 g/mol. The summed E-state index contributed by atoms with van der Waals surface area (Å²) in [5.41, 5.74) is 9.62. The standard InChI is InChI=1S/C13H14N4O/c1-7-4-10-15-6-9-8(12(14)18)5-13(2-3-13)11(9)17(10)16-7/h4,6,8H,2-3,5H2,1H3,(H2,14,18). The van der Waals surface area contributed by atoms with Gasteiger partial charge in [-0.1, -0.05) is 0 Å². The minimum atomic E-state index is -0.245. The lowest BCUT2D eigenvalue weighted by atomic mass is 10.00. The van der Waals surface area contributed by atoms with E-state index in [-0.39, 0.29) is 17.2 Å². The van der Waals surface area contributed by atoms with Crippen LogP contribution in [0.4, 0.5) is 0 Å². The summed E-state index contributed by atoms with van der Waals surface area (Å²) in [5, 5.41) is 4.52. The van der Waals surface area contributed by atoms with Gasteiger partial charge in [0.1, 0.15) is 0 Å². The molecule has 0 aliphatic heterocycles. The molecule has 2 aliphatic carbocycles. The molecule has 0 radical (unpaired) electrons. The van der Waals surface area contributed by atoms with Crippen LogP contribution in [0.15, 0.2) is 12.3 Å². The van der Waals surface area contributed by atoms with Crippen molar-refractivity contribution in [1.29, 1.82) is 0 Å². The number of rotatable bonds is 1. The van der Waals surface area contributed by atoms with Crippen molar-refractivity contribution >= 4 is 11.6 Å². The van der Waals surface area contributed by atoms with E-state index in [4.69, 9.17) is 5.73 Å². The summed E-state index contributed by atoms with van der Waals surface area (Å²) in [5.74, 6) is -0.436. The van der Waals surface area contributed by atoms with Gasteiger partial charge in [0, 0.05) is 23.2 Å². The van der Waals surface area contributed by atoms with E-state index in [0.717, 1.165) is 36.2 Å². The molecule has 5 nitrogen and oxygen atoms in total. The number of carbonyl (C=O) groups excluding carboxylic acids is 1. The Bertz CT molecular complexity index is 684. The molecule has 1 amide bonds. The third-order valence-corrected chi connectivity index (χ3v) is 4.30. The van der Waals surface area contributed by atoms with Gasteiger partial charge in [-0.15, -0.1) is 0 Å². The number of nitrogens with zero attached hydrogens (tertiary/aromatic N) is 3. The second-order valence-electron chi connectivity index (χ2n) is 5.56. The number of aromatic nitrogens is 3. The van der Waals surface area contributed by atoms with Gasteiger partial charge < -0.3 is 5.73 Å². The molecule has 0 saturated heterocycles. The molecule has 1 fully saturated rings. The summed E-state index contributed by atoms with van der Waals surface area (Å²) in [6, 6.07) is 1.97. The molecule has 1 atom stereocenters. The van der Waals surface area contributed by atoms with Gasteiger partial charge in [0.2, 0.25) is 5.91 Å². The molecule has 2 aromatic rings. The average Bonchev–Trinajstić information content (AvgIpc) is 2.85. The molecule has 1 saturated carbocycles. The highest BCUT2D eigenvalue weighted by Crippen LogP contribution is 2.60. The lowest BCUT2D eigenvalue weighted by molar-refractivity contribution is -0.119. The fourth-order valence-corrected chi connectivity index (χ4v) is 3.29. The first-order valence-electron chi connectivity index (χ1n) is 6.26. The van der Waals surface area contributed by atoms with E-state index in [0.29, 0.717) is 0 Å². The Morgan fingerprint density at radius 3 is 3.00 bits per heavy atom. The van der Waals surface area contributed by atoms with Gasteiger partial charge in [-0.05, 0) is 26.2 Å². The van der Waals surface area contributed by atoms with Crippen LogP contribution in [0.5, 0.6) is 0 Å². The first-order valence-corrected chi connectivity index (χ1v) is 6.26. The van der Waals surface area contributed by atoms with Crippen molar-refractivity contribution in [2.45, 2.75) is 37.5 Å². The van der Waals surface area contributed by atoms with Gasteiger partial charge in [-0.25, -0.2) is 9.50 Å². The number of carbonyl (C=O) groups is 1. The van der Waals surface area contributed by atoms with Crippen molar-refractivity contribution in [3.05, 3.63) is 29.2 Å². The number of hydrogen-bond acceptors (Lipinski definition) is 3. The molecule has 2 aromatic heterocycles. The Morgan fingerprint density at radius 2 is 2.33 bits per heavy atom. The Kier molecular flexibility index (Phi) is 1.62. The van der Waals surface area contributed by atoms with Crippen LogP contribution >= 0.6 is 0 Å². The Hall–Kier alpha value is -1.91. The molecular formula is C13H14N4O. The van der Waals surface area contributed by atoms with E-state index < -0.39 is 0 Å². The summed E-state index contributed by atoms with van der Waals surface area (Å²) in [6.45, 7) is 1.96. The second kappa shape index (κ2) is 2.91. The van der Waals surface area contributed by atoms with Gasteiger partial charge in [-0.2, -0.15) is 5.10 Å². The molecule has 92 valence electrons. The summed E-state index contributed by atoms with van der Waals surface area (Å²) >= 11 is 0. The molecule has 18 heavy (non-hydrogen) atoms. The Labute approximate surface area is 104 Å². The summed E-state index contributed by atoms with van der Waals surface area (Å²) in [6.07, 6.45) is 4.90. The molecule has 1 spiro atoms. The minimum Gasteiger partial charge on any atom is -0.369 e. The van der Waals surface area contributed by atoms with Crippen molar-refractivity contribution in [3.8, 4) is 0 Å². The van der Waals surface area contributed by atoms with Crippen LogP contribution in [0.2, 0.25) is 0 Å². The van der Waals surface area contributed by atoms with E-state index in [1.54, 1.807) is 0 Å². The molecule has 2 aliphatic rings. The third-order valence-electron chi connectivity index (χ3n) is 4.30. The van der Waals surface area contributed by atoms with E-state index >= 15 is 0 Å². The summed E-state index contributed by atoms with van der Waals surface area (Å²) in [4.78, 5) is 16.0. The van der Waals surface area contributed by atoms with E-state index in [2.05, 4.69) is 10.1 Å². The van der Waals surface area contributed by atoms with E-state index in [1.807, 2.05) is 23.7 Å². The van der Waals surface area contributed by atoms with Gasteiger partial charge in [0.25, 0.3) is 0 Å². The van der Waals surface area contributed by atoms with Crippen molar-refractivity contribution in [1.82, 2.24) is 14.6 Å². The fraction of sp³-hybridized carbons (Fsp3) is 0.462. The lowest BCUT2D eigenvalue weighted by Gasteiger charge is -2.09. The second-order valence-corrected chi connectivity index (χ2v) is 5.56. The highest BCUT2D eigenvalue weighted by Gasteiger charge is 2.55. The zero-order valence-corrected chi connectivity index (χ0v) is 10.2. The zero-order valence-electron chi connectivity index (χ0n) is 10.2. The predicted octanol–water partition coefficient (Wildman–Crippen LogP) is 1.04. The minimum absolute atomic E-state index is 0.134. The quantitative estimate of drug-likeness (QED) is 0.812. The maximum Gasteiger partial charge on any atom is 0.225 e. The van der Waals surface area contributed by atoms with Crippen molar-refractivity contribution in [3.63, 3.8) is 0 Å². The van der Waals surface area contributed by atoms with Crippen molar-refractivity contribution in [2.24, 2.45) is 5.73 Å². The zero-order chi connectivity index (χ0) is 12.5. The van der Waals surface area contributed by atoms with Crippen LogP contribution in [0.25, 0.3) is 5.65 Å². The summed E-state index contributed by atoms with van der Waals surface area (Å²) in [7, 11) is 0. The molecule has 0 bridgehead atoms. The number of hydrogen-bond donors (Lipinski definition) is 1. The van der Waals surface area contributed by atoms with Crippen LogP contribution in [-0.4, -0.2) is 20.5 Å². The van der Waals surface area contributed by atoms with Crippen molar-refractivity contribution in [2.75, 3.05) is 0 Å². The third kappa shape index (κ3) is 1.09. The highest BCUT2D eigenvalue weighted by atomic mass is 16.1. The largest absolute Gasteiger partial charge is 0.369 e. The van der Waals surface area contributed by atoms with Crippen LogP contribution in [0.1, 0.15) is 42.1 Å². The average molecular weight is 242 g/mol. The first-order chi connectivity index (χ1) is 8.61. The van der Waals surface area contributed by atoms with Crippen LogP contribution in [0.3, 0.4) is 0 Å². The highest BCUT2D eigenvalue weighted by molar-refractivity contribution is 5.84. The Balaban J connectivity index is 2.05. The van der Waals surface area contributed by atoms with Gasteiger partial charge >= 0.3 is 0 Å². The monoisotopic (exact) mass is 242 g/mol. The molecule has 1 unspecified atom stereocenters. The van der Waals surface area contributed by atoms with E-state index in [9.17, 15) is 4.79 Å². The number of primary amides is 1. The molecule has 4 rings (SSSR count). The number of nitrogens with two attached hydrogens (primary N) is 1. The number of aryl methyl sites for hydroxylation is 1. The molecule has 2 N–H and O–H groups in total.